The van der Waals surface area contributed by atoms with E-state index in [-0.39, 0.29) is 17.4 Å². The Bertz CT molecular complexity index is 165. The summed E-state index contributed by atoms with van der Waals surface area (Å²) in [5.74, 6) is 0.162. The number of rotatable bonds is 2. The maximum Gasteiger partial charge on any atom is 0.210 e. The van der Waals surface area contributed by atoms with Crippen LogP contribution in [0.3, 0.4) is 0 Å². The molecule has 1 aliphatic carbocycles. The third-order valence-electron chi connectivity index (χ3n) is 2.00. The molecule has 0 N–H and O–H groups in total. The Morgan fingerprint density at radius 1 is 1.80 bits per heavy atom. The van der Waals surface area contributed by atoms with Gasteiger partial charge in [0, 0.05) is 10.8 Å². The van der Waals surface area contributed by atoms with Gasteiger partial charge in [-0.1, -0.05) is 12.2 Å². The summed E-state index contributed by atoms with van der Waals surface area (Å²) in [5, 5.41) is 10.1. The molecule has 1 rings (SSSR count). The van der Waals surface area contributed by atoms with Gasteiger partial charge in [0.05, 0.1) is 0 Å². The van der Waals surface area contributed by atoms with Crippen molar-refractivity contribution in [1.29, 1.82) is 0 Å². The highest BCUT2D eigenvalue weighted by molar-refractivity contribution is 5.05. The van der Waals surface area contributed by atoms with Gasteiger partial charge in [-0.2, -0.15) is 0 Å². The van der Waals surface area contributed by atoms with Crippen molar-refractivity contribution in [3.05, 3.63) is 22.3 Å². The largest absolute Gasteiger partial charge is 0.265 e. The van der Waals surface area contributed by atoms with Gasteiger partial charge >= 0.3 is 0 Å². The topological polar surface area (TPSA) is 43.1 Å². The molecular formula is C7H11NO2. The summed E-state index contributed by atoms with van der Waals surface area (Å²) in [6, 6.07) is 0. The summed E-state index contributed by atoms with van der Waals surface area (Å²) in [5.41, 5.74) is 1.07. The molecule has 1 aliphatic rings. The predicted octanol–water partition coefficient (Wildman–Crippen LogP) is 1.62. The van der Waals surface area contributed by atoms with Gasteiger partial charge in [-0.05, 0) is 19.3 Å². The van der Waals surface area contributed by atoms with Crippen molar-refractivity contribution >= 4 is 0 Å². The van der Waals surface area contributed by atoms with Gasteiger partial charge in [0.2, 0.25) is 6.54 Å². The van der Waals surface area contributed by atoms with Gasteiger partial charge in [0.25, 0.3) is 0 Å². The van der Waals surface area contributed by atoms with E-state index in [0.29, 0.717) is 0 Å². The van der Waals surface area contributed by atoms with Crippen LogP contribution in [0.4, 0.5) is 0 Å². The van der Waals surface area contributed by atoms with Gasteiger partial charge in [-0.15, -0.1) is 0 Å². The second kappa shape index (κ2) is 2.82. The summed E-state index contributed by atoms with van der Waals surface area (Å²) in [7, 11) is 0. The molecule has 1 fully saturated rings. The van der Waals surface area contributed by atoms with Crippen LogP contribution in [0.25, 0.3) is 0 Å². The van der Waals surface area contributed by atoms with Gasteiger partial charge in [0.15, 0.2) is 0 Å². The second-order valence-corrected chi connectivity index (χ2v) is 2.76. The molecule has 0 radical (unpaired) electrons. The second-order valence-electron chi connectivity index (χ2n) is 2.76. The van der Waals surface area contributed by atoms with Crippen molar-refractivity contribution < 1.29 is 4.92 Å². The Morgan fingerprint density at radius 3 is 2.90 bits per heavy atom. The molecule has 1 saturated carbocycles. The van der Waals surface area contributed by atoms with Gasteiger partial charge < -0.3 is 0 Å². The molecule has 3 heteroatoms. The maximum atomic E-state index is 10.1. The lowest BCUT2D eigenvalue weighted by atomic mass is 10.1. The Labute approximate surface area is 59.9 Å². The summed E-state index contributed by atoms with van der Waals surface area (Å²) in [6.07, 6.45) is 3.02. The van der Waals surface area contributed by atoms with E-state index in [1.165, 1.54) is 0 Å². The molecule has 3 nitrogen and oxygen atoms in total. The summed E-state index contributed by atoms with van der Waals surface area (Å²) >= 11 is 0. The summed E-state index contributed by atoms with van der Waals surface area (Å²) in [4.78, 5) is 9.82. The maximum absolute atomic E-state index is 10.1. The zero-order valence-electron chi connectivity index (χ0n) is 5.88. The number of hydrogen-bond acceptors (Lipinski definition) is 2. The molecule has 0 aromatic carbocycles. The normalized spacial score (nSPS) is 25.2. The Balaban J connectivity index is 2.40. The molecule has 0 saturated heterocycles. The highest BCUT2D eigenvalue weighted by atomic mass is 16.6. The van der Waals surface area contributed by atoms with E-state index in [4.69, 9.17) is 0 Å². The number of nitro groups is 1. The molecule has 0 aliphatic heterocycles. The van der Waals surface area contributed by atoms with Crippen molar-refractivity contribution in [1.82, 2.24) is 0 Å². The van der Waals surface area contributed by atoms with Crippen LogP contribution < -0.4 is 0 Å². The van der Waals surface area contributed by atoms with Crippen LogP contribution in [0.15, 0.2) is 12.2 Å². The van der Waals surface area contributed by atoms with Crippen LogP contribution in [-0.2, 0) is 0 Å². The van der Waals surface area contributed by atoms with E-state index in [9.17, 15) is 10.1 Å². The molecule has 0 amide bonds. The molecule has 56 valence electrons. The van der Waals surface area contributed by atoms with E-state index < -0.39 is 0 Å². The minimum absolute atomic E-state index is 0.0822. The van der Waals surface area contributed by atoms with Crippen molar-refractivity contribution in [3.63, 3.8) is 0 Å². The lowest BCUT2D eigenvalue weighted by Gasteiger charge is -2.02. The minimum Gasteiger partial charge on any atom is -0.265 e. The first kappa shape index (κ1) is 7.25. The third-order valence-corrected chi connectivity index (χ3v) is 2.00. The first-order valence-electron chi connectivity index (χ1n) is 3.49. The first-order valence-corrected chi connectivity index (χ1v) is 3.49. The van der Waals surface area contributed by atoms with Crippen molar-refractivity contribution in [2.45, 2.75) is 19.3 Å². The van der Waals surface area contributed by atoms with Crippen molar-refractivity contribution in [2.75, 3.05) is 6.54 Å². The molecule has 0 aromatic rings. The molecule has 1 atom stereocenters. The standard InChI is InChI=1S/C7H11NO2/c1-6-3-2-4-7(6)5-8(9)10/h7H,1-5H2. The van der Waals surface area contributed by atoms with E-state index >= 15 is 0 Å². The van der Waals surface area contributed by atoms with E-state index in [2.05, 4.69) is 6.58 Å². The first-order chi connectivity index (χ1) is 4.70. The fourth-order valence-corrected chi connectivity index (χ4v) is 1.38. The van der Waals surface area contributed by atoms with Crippen LogP contribution in [0.5, 0.6) is 0 Å². The lowest BCUT2D eigenvalue weighted by molar-refractivity contribution is -0.486. The minimum atomic E-state index is -0.249. The predicted molar refractivity (Wildman–Crippen MR) is 38.3 cm³/mol. The van der Waals surface area contributed by atoms with Gasteiger partial charge in [-0.25, -0.2) is 0 Å². The Morgan fingerprint density at radius 2 is 2.50 bits per heavy atom. The average molecular weight is 141 g/mol. The highest BCUT2D eigenvalue weighted by Gasteiger charge is 2.23. The van der Waals surface area contributed by atoms with Crippen LogP contribution in [0.2, 0.25) is 0 Å². The summed E-state index contributed by atoms with van der Waals surface area (Å²) < 4.78 is 0. The smallest absolute Gasteiger partial charge is 0.210 e. The lowest BCUT2D eigenvalue weighted by Crippen LogP contribution is -2.11. The fraction of sp³-hybridized carbons (Fsp3) is 0.714. The number of hydrogen-bond donors (Lipinski definition) is 0. The highest BCUT2D eigenvalue weighted by Crippen LogP contribution is 2.29. The Kier molecular flexibility index (Phi) is 2.04. The molecule has 0 bridgehead atoms. The van der Waals surface area contributed by atoms with Crippen molar-refractivity contribution in [2.24, 2.45) is 5.92 Å². The van der Waals surface area contributed by atoms with Crippen LogP contribution >= 0.6 is 0 Å². The molecule has 0 heterocycles. The van der Waals surface area contributed by atoms with E-state index in [1.807, 2.05) is 0 Å². The molecule has 1 unspecified atom stereocenters. The van der Waals surface area contributed by atoms with Gasteiger partial charge in [0.1, 0.15) is 0 Å². The third kappa shape index (κ3) is 1.56. The molecule has 0 aromatic heterocycles. The van der Waals surface area contributed by atoms with E-state index in [0.717, 1.165) is 24.8 Å². The van der Waals surface area contributed by atoms with Crippen LogP contribution in [0, 0.1) is 16.0 Å². The van der Waals surface area contributed by atoms with Crippen molar-refractivity contribution in [3.8, 4) is 0 Å². The monoisotopic (exact) mass is 141 g/mol. The average Bonchev–Trinajstić information content (AvgIpc) is 2.15. The SMILES string of the molecule is C=C1CCCC1C[N+](=O)[O-]. The molecule has 0 spiro atoms. The van der Waals surface area contributed by atoms with Crippen LogP contribution in [0.1, 0.15) is 19.3 Å². The van der Waals surface area contributed by atoms with Crippen LogP contribution in [-0.4, -0.2) is 11.5 Å². The fourth-order valence-electron chi connectivity index (χ4n) is 1.38. The zero-order chi connectivity index (χ0) is 7.56. The quantitative estimate of drug-likeness (QED) is 0.333. The Hall–Kier alpha value is -0.860. The summed E-state index contributed by atoms with van der Waals surface area (Å²) in [6.45, 7) is 3.87. The van der Waals surface area contributed by atoms with Gasteiger partial charge in [-0.3, -0.25) is 10.1 Å². The number of nitrogens with zero attached hydrogens (tertiary/aromatic N) is 1. The molecule has 10 heavy (non-hydrogen) atoms. The van der Waals surface area contributed by atoms with E-state index in [1.54, 1.807) is 0 Å². The zero-order valence-corrected chi connectivity index (χ0v) is 5.88. The molecular weight excluding hydrogens is 130 g/mol.